The average molecular weight is 189 g/mol. The molecule has 0 aliphatic heterocycles. The Labute approximate surface area is 84.3 Å². The first-order valence-electron chi connectivity index (χ1n) is 5.19. The van der Waals surface area contributed by atoms with Crippen LogP contribution in [0.15, 0.2) is 24.5 Å². The van der Waals surface area contributed by atoms with Crippen LogP contribution in [0.5, 0.6) is 0 Å². The highest BCUT2D eigenvalue weighted by Crippen LogP contribution is 2.24. The maximum atomic E-state index is 8.99. The topological polar surface area (TPSA) is 40.8 Å². The van der Waals surface area contributed by atoms with E-state index in [0.717, 1.165) is 12.8 Å². The van der Waals surface area contributed by atoms with Gasteiger partial charge in [0, 0.05) is 12.4 Å². The van der Waals surface area contributed by atoms with E-state index in [9.17, 15) is 0 Å². The number of aromatic nitrogens is 1. The minimum atomic E-state index is 0.172. The second-order valence-electron chi connectivity index (χ2n) is 3.85. The molecule has 3 heteroatoms. The summed E-state index contributed by atoms with van der Waals surface area (Å²) in [6, 6.07) is 6.68. The maximum Gasteiger partial charge on any atom is 0.0680 e. The molecule has 1 aliphatic rings. The lowest BCUT2D eigenvalue weighted by Gasteiger charge is -2.28. The van der Waals surface area contributed by atoms with E-state index in [2.05, 4.69) is 11.5 Å². The Morgan fingerprint density at radius 1 is 1.21 bits per heavy atom. The van der Waals surface area contributed by atoms with E-state index in [-0.39, 0.29) is 5.92 Å². The fourth-order valence-corrected chi connectivity index (χ4v) is 2.05. The van der Waals surface area contributed by atoms with Crippen molar-refractivity contribution in [2.75, 3.05) is 5.43 Å². The van der Waals surface area contributed by atoms with Crippen molar-refractivity contribution >= 4 is 0 Å². The van der Waals surface area contributed by atoms with Gasteiger partial charge in [-0.05, 0) is 25.0 Å². The summed E-state index contributed by atoms with van der Waals surface area (Å²) in [7, 11) is 0. The van der Waals surface area contributed by atoms with Gasteiger partial charge in [0.25, 0.3) is 0 Å². The van der Waals surface area contributed by atoms with Gasteiger partial charge in [0.1, 0.15) is 0 Å². The molecule has 1 aliphatic carbocycles. The predicted octanol–water partition coefficient (Wildman–Crippen LogP) is 2.11. The SMILES string of the molecule is N#CC1CCCCC1Nn1cccc1. The Balaban J connectivity index is 1.99. The average Bonchev–Trinajstić information content (AvgIpc) is 2.71. The van der Waals surface area contributed by atoms with E-state index in [1.807, 2.05) is 29.2 Å². The fraction of sp³-hybridized carbons (Fsp3) is 0.545. The Morgan fingerprint density at radius 3 is 2.64 bits per heavy atom. The van der Waals surface area contributed by atoms with E-state index >= 15 is 0 Å². The molecule has 1 aromatic rings. The largest absolute Gasteiger partial charge is 0.322 e. The molecule has 1 heterocycles. The molecule has 0 spiro atoms. The summed E-state index contributed by atoms with van der Waals surface area (Å²) in [5, 5.41) is 8.99. The molecule has 1 aromatic heterocycles. The van der Waals surface area contributed by atoms with Gasteiger partial charge in [-0.2, -0.15) is 5.26 Å². The lowest BCUT2D eigenvalue weighted by molar-refractivity contribution is 0.369. The number of nitrogens with one attached hydrogen (secondary N) is 1. The highest BCUT2D eigenvalue weighted by Gasteiger charge is 2.24. The summed E-state index contributed by atoms with van der Waals surface area (Å²) >= 11 is 0. The van der Waals surface area contributed by atoms with Crippen LogP contribution in [-0.2, 0) is 0 Å². The Kier molecular flexibility index (Phi) is 2.73. The minimum absolute atomic E-state index is 0.172. The van der Waals surface area contributed by atoms with Crippen LogP contribution in [0.2, 0.25) is 0 Å². The molecule has 3 nitrogen and oxygen atoms in total. The Morgan fingerprint density at radius 2 is 1.93 bits per heavy atom. The van der Waals surface area contributed by atoms with Crippen LogP contribution in [-0.4, -0.2) is 10.7 Å². The minimum Gasteiger partial charge on any atom is -0.322 e. The molecule has 2 unspecified atom stereocenters. The third-order valence-corrected chi connectivity index (χ3v) is 2.85. The van der Waals surface area contributed by atoms with Crippen LogP contribution >= 0.6 is 0 Å². The van der Waals surface area contributed by atoms with Gasteiger partial charge in [-0.15, -0.1) is 0 Å². The van der Waals surface area contributed by atoms with Crippen molar-refractivity contribution in [2.45, 2.75) is 31.7 Å². The van der Waals surface area contributed by atoms with Gasteiger partial charge in [-0.25, -0.2) is 0 Å². The van der Waals surface area contributed by atoms with Gasteiger partial charge in [0.05, 0.1) is 18.0 Å². The smallest absolute Gasteiger partial charge is 0.0680 e. The molecule has 0 amide bonds. The third kappa shape index (κ3) is 1.90. The van der Waals surface area contributed by atoms with Crippen molar-refractivity contribution in [3.8, 4) is 6.07 Å². The Bertz CT molecular complexity index is 310. The summed E-state index contributed by atoms with van der Waals surface area (Å²) in [5.41, 5.74) is 3.36. The van der Waals surface area contributed by atoms with Gasteiger partial charge in [0.2, 0.25) is 0 Å². The first-order chi connectivity index (χ1) is 6.90. The summed E-state index contributed by atoms with van der Waals surface area (Å²) in [5.74, 6) is 0.172. The van der Waals surface area contributed by atoms with Crippen LogP contribution in [0.4, 0.5) is 0 Å². The van der Waals surface area contributed by atoms with Gasteiger partial charge in [0.15, 0.2) is 0 Å². The van der Waals surface area contributed by atoms with Crippen molar-refractivity contribution in [2.24, 2.45) is 5.92 Å². The van der Waals surface area contributed by atoms with Crippen molar-refractivity contribution in [1.29, 1.82) is 5.26 Å². The van der Waals surface area contributed by atoms with Gasteiger partial charge in [-0.3, -0.25) is 4.68 Å². The quantitative estimate of drug-likeness (QED) is 0.774. The van der Waals surface area contributed by atoms with Crippen molar-refractivity contribution < 1.29 is 0 Å². The summed E-state index contributed by atoms with van der Waals surface area (Å²) in [6.07, 6.45) is 8.52. The van der Waals surface area contributed by atoms with Crippen molar-refractivity contribution in [3.05, 3.63) is 24.5 Å². The first-order valence-corrected chi connectivity index (χ1v) is 5.19. The van der Waals surface area contributed by atoms with E-state index in [1.54, 1.807) is 0 Å². The standard InChI is InChI=1S/C11H15N3/c12-9-10-5-1-2-6-11(10)13-14-7-3-4-8-14/h3-4,7-8,10-11,13H,1-2,5-6H2. The van der Waals surface area contributed by atoms with Gasteiger partial charge < -0.3 is 5.43 Å². The van der Waals surface area contributed by atoms with Crippen molar-refractivity contribution in [1.82, 2.24) is 4.68 Å². The van der Waals surface area contributed by atoms with E-state index < -0.39 is 0 Å². The lowest BCUT2D eigenvalue weighted by atomic mass is 9.86. The Hall–Kier alpha value is -1.43. The second-order valence-corrected chi connectivity index (χ2v) is 3.85. The summed E-state index contributed by atoms with van der Waals surface area (Å²) < 4.78 is 1.94. The molecule has 0 saturated heterocycles. The highest BCUT2D eigenvalue weighted by molar-refractivity contribution is 5.02. The lowest BCUT2D eigenvalue weighted by Crippen LogP contribution is -2.35. The molecule has 1 N–H and O–H groups in total. The zero-order chi connectivity index (χ0) is 9.80. The third-order valence-electron chi connectivity index (χ3n) is 2.85. The van der Waals surface area contributed by atoms with E-state index in [1.165, 1.54) is 12.8 Å². The van der Waals surface area contributed by atoms with Crippen LogP contribution < -0.4 is 5.43 Å². The molecule has 2 rings (SSSR count). The molecule has 1 fully saturated rings. The highest BCUT2D eigenvalue weighted by atomic mass is 15.4. The van der Waals surface area contributed by atoms with Crippen LogP contribution in [0.1, 0.15) is 25.7 Å². The zero-order valence-electron chi connectivity index (χ0n) is 8.19. The predicted molar refractivity (Wildman–Crippen MR) is 55.2 cm³/mol. The van der Waals surface area contributed by atoms with Crippen LogP contribution in [0.3, 0.4) is 0 Å². The summed E-state index contributed by atoms with van der Waals surface area (Å²) in [6.45, 7) is 0. The first kappa shape index (κ1) is 9.14. The maximum absolute atomic E-state index is 8.99. The molecule has 14 heavy (non-hydrogen) atoms. The molecule has 0 bridgehead atoms. The normalized spacial score (nSPS) is 26.8. The molecule has 2 atom stereocenters. The fourth-order valence-electron chi connectivity index (χ4n) is 2.05. The van der Waals surface area contributed by atoms with Gasteiger partial charge >= 0.3 is 0 Å². The number of nitriles is 1. The molecular weight excluding hydrogens is 174 g/mol. The van der Waals surface area contributed by atoms with E-state index in [4.69, 9.17) is 5.26 Å². The monoisotopic (exact) mass is 189 g/mol. The number of nitrogens with zero attached hydrogens (tertiary/aromatic N) is 2. The van der Waals surface area contributed by atoms with E-state index in [0.29, 0.717) is 6.04 Å². The molecule has 0 aromatic carbocycles. The molecule has 0 radical (unpaired) electrons. The second kappa shape index (κ2) is 4.19. The molecular formula is C11H15N3. The number of hydrogen-bond acceptors (Lipinski definition) is 2. The summed E-state index contributed by atoms with van der Waals surface area (Å²) in [4.78, 5) is 0. The number of rotatable bonds is 2. The van der Waals surface area contributed by atoms with Crippen LogP contribution in [0, 0.1) is 17.2 Å². The molecule has 1 saturated carbocycles. The molecule has 74 valence electrons. The van der Waals surface area contributed by atoms with Gasteiger partial charge in [-0.1, -0.05) is 12.8 Å². The van der Waals surface area contributed by atoms with Crippen molar-refractivity contribution in [3.63, 3.8) is 0 Å². The number of hydrogen-bond donors (Lipinski definition) is 1. The van der Waals surface area contributed by atoms with Crippen LogP contribution in [0.25, 0.3) is 0 Å². The zero-order valence-corrected chi connectivity index (χ0v) is 8.19.